The van der Waals surface area contributed by atoms with Gasteiger partial charge in [0.25, 0.3) is 5.91 Å². The van der Waals surface area contributed by atoms with Gasteiger partial charge < -0.3 is 18.6 Å². The number of para-hydroxylation sites is 1. The number of carbonyl (C=O) groups excluding carboxylic acids is 1. The normalized spacial score (nSPS) is 18.7. The molecule has 0 aliphatic carbocycles. The van der Waals surface area contributed by atoms with Crippen molar-refractivity contribution in [3.63, 3.8) is 0 Å². The standard InChI is InChI=1S/C24H26FN3O4/c25-19-4-1-2-5-21(19)31-18-9-13-27(14-10-18)17-7-11-28(12-8-17)24(29)20-16-23(32-26-20)22-6-3-15-30-22/h1-6,15-18H,7-14H2. The largest absolute Gasteiger partial charge is 0.487 e. The number of hydrogen-bond donors (Lipinski definition) is 0. The number of likely N-dealkylation sites (tertiary alicyclic amines) is 2. The van der Waals surface area contributed by atoms with Crippen LogP contribution in [0.15, 0.2) is 57.7 Å². The lowest BCUT2D eigenvalue weighted by molar-refractivity contribution is 0.0412. The fourth-order valence-electron chi connectivity index (χ4n) is 4.59. The number of halogens is 1. The van der Waals surface area contributed by atoms with Gasteiger partial charge in [0.1, 0.15) is 6.10 Å². The molecule has 1 aromatic carbocycles. The van der Waals surface area contributed by atoms with Crippen LogP contribution in [0.3, 0.4) is 0 Å². The Bertz CT molecular complexity index is 1040. The number of benzene rings is 1. The Hall–Kier alpha value is -3.13. The van der Waals surface area contributed by atoms with Crippen molar-refractivity contribution in [2.45, 2.75) is 37.8 Å². The number of piperidine rings is 2. The number of furan rings is 1. The summed E-state index contributed by atoms with van der Waals surface area (Å²) in [4.78, 5) is 17.1. The molecule has 2 aliphatic heterocycles. The number of rotatable bonds is 5. The molecule has 0 N–H and O–H groups in total. The molecule has 0 atom stereocenters. The van der Waals surface area contributed by atoms with E-state index in [1.54, 1.807) is 42.7 Å². The summed E-state index contributed by atoms with van der Waals surface area (Å²) < 4.78 is 30.3. The third-order valence-corrected chi connectivity index (χ3v) is 6.37. The van der Waals surface area contributed by atoms with Crippen molar-refractivity contribution in [3.05, 3.63) is 60.2 Å². The van der Waals surface area contributed by atoms with Gasteiger partial charge in [0.2, 0.25) is 5.76 Å². The van der Waals surface area contributed by atoms with Crippen LogP contribution in [0, 0.1) is 5.82 Å². The average Bonchev–Trinajstić information content (AvgIpc) is 3.53. The van der Waals surface area contributed by atoms with Crippen LogP contribution in [0.5, 0.6) is 5.75 Å². The van der Waals surface area contributed by atoms with Gasteiger partial charge in [0.15, 0.2) is 23.0 Å². The molecule has 2 aliphatic rings. The van der Waals surface area contributed by atoms with Crippen LogP contribution in [0.1, 0.15) is 36.2 Å². The van der Waals surface area contributed by atoms with Crippen molar-refractivity contribution in [1.82, 2.24) is 15.0 Å². The van der Waals surface area contributed by atoms with E-state index in [9.17, 15) is 9.18 Å². The third-order valence-electron chi connectivity index (χ3n) is 6.37. The van der Waals surface area contributed by atoms with E-state index in [0.29, 0.717) is 42.1 Å². The highest BCUT2D eigenvalue weighted by Crippen LogP contribution is 2.26. The van der Waals surface area contributed by atoms with E-state index in [-0.39, 0.29) is 17.8 Å². The van der Waals surface area contributed by atoms with E-state index < -0.39 is 0 Å². The molecule has 0 unspecified atom stereocenters. The molecule has 4 heterocycles. The summed E-state index contributed by atoms with van der Waals surface area (Å²) in [5, 5.41) is 3.93. The zero-order chi connectivity index (χ0) is 21.9. The molecule has 0 saturated carbocycles. The van der Waals surface area contributed by atoms with Gasteiger partial charge >= 0.3 is 0 Å². The Balaban J connectivity index is 1.10. The lowest BCUT2D eigenvalue weighted by Crippen LogP contribution is -2.50. The van der Waals surface area contributed by atoms with Crippen LogP contribution in [-0.2, 0) is 0 Å². The molecule has 0 radical (unpaired) electrons. The first-order valence-corrected chi connectivity index (χ1v) is 11.1. The van der Waals surface area contributed by atoms with Gasteiger partial charge in [-0.25, -0.2) is 4.39 Å². The molecule has 32 heavy (non-hydrogen) atoms. The van der Waals surface area contributed by atoms with Gasteiger partial charge in [0.05, 0.1) is 6.26 Å². The second-order valence-corrected chi connectivity index (χ2v) is 8.36. The second kappa shape index (κ2) is 9.16. The Morgan fingerprint density at radius 2 is 1.78 bits per heavy atom. The number of hydrogen-bond acceptors (Lipinski definition) is 6. The SMILES string of the molecule is O=C(c1cc(-c2ccco2)on1)N1CCC(N2CCC(Oc3ccccc3F)CC2)CC1. The quantitative estimate of drug-likeness (QED) is 0.593. The Morgan fingerprint density at radius 3 is 2.50 bits per heavy atom. The molecule has 0 bridgehead atoms. The van der Waals surface area contributed by atoms with Crippen molar-refractivity contribution in [1.29, 1.82) is 0 Å². The van der Waals surface area contributed by atoms with Gasteiger partial charge in [-0.3, -0.25) is 9.69 Å². The van der Waals surface area contributed by atoms with Crippen LogP contribution in [0.2, 0.25) is 0 Å². The molecule has 1 amide bonds. The lowest BCUT2D eigenvalue weighted by atomic mass is 9.98. The second-order valence-electron chi connectivity index (χ2n) is 8.36. The Labute approximate surface area is 185 Å². The van der Waals surface area contributed by atoms with E-state index in [2.05, 4.69) is 10.1 Å². The maximum Gasteiger partial charge on any atom is 0.276 e. The van der Waals surface area contributed by atoms with Crippen LogP contribution >= 0.6 is 0 Å². The zero-order valence-electron chi connectivity index (χ0n) is 17.8. The molecule has 0 spiro atoms. The van der Waals surface area contributed by atoms with Gasteiger partial charge in [-0.1, -0.05) is 17.3 Å². The Morgan fingerprint density at radius 1 is 1.00 bits per heavy atom. The summed E-state index contributed by atoms with van der Waals surface area (Å²) in [6.45, 7) is 3.23. The van der Waals surface area contributed by atoms with Gasteiger partial charge in [-0.2, -0.15) is 0 Å². The highest BCUT2D eigenvalue weighted by atomic mass is 19.1. The minimum absolute atomic E-state index is 0.0420. The van der Waals surface area contributed by atoms with Crippen molar-refractivity contribution in [2.75, 3.05) is 26.2 Å². The maximum absolute atomic E-state index is 13.8. The Kier molecular flexibility index (Phi) is 5.94. The van der Waals surface area contributed by atoms with E-state index in [4.69, 9.17) is 13.7 Å². The molecule has 2 fully saturated rings. The summed E-state index contributed by atoms with van der Waals surface area (Å²) in [6.07, 6.45) is 5.20. The minimum Gasteiger partial charge on any atom is -0.487 e. The van der Waals surface area contributed by atoms with E-state index >= 15 is 0 Å². The molecule has 7 nitrogen and oxygen atoms in total. The number of nitrogens with zero attached hydrogens (tertiary/aromatic N) is 3. The van der Waals surface area contributed by atoms with Gasteiger partial charge in [0, 0.05) is 38.3 Å². The monoisotopic (exact) mass is 439 g/mol. The van der Waals surface area contributed by atoms with Crippen molar-refractivity contribution in [2.24, 2.45) is 0 Å². The predicted molar refractivity (Wildman–Crippen MR) is 115 cm³/mol. The molecule has 3 aromatic rings. The molecule has 8 heteroatoms. The molecule has 2 aromatic heterocycles. The molecule has 168 valence electrons. The number of amides is 1. The van der Waals surface area contributed by atoms with Crippen molar-refractivity contribution < 1.29 is 22.9 Å². The van der Waals surface area contributed by atoms with Crippen LogP contribution in [-0.4, -0.2) is 59.2 Å². The molecular weight excluding hydrogens is 413 g/mol. The fraction of sp³-hybridized carbons (Fsp3) is 0.417. The molecule has 5 rings (SSSR count). The first kappa shape index (κ1) is 20.8. The summed E-state index contributed by atoms with van der Waals surface area (Å²) in [5.41, 5.74) is 0.306. The number of ether oxygens (including phenoxy) is 1. The zero-order valence-corrected chi connectivity index (χ0v) is 17.8. The van der Waals surface area contributed by atoms with E-state index in [1.807, 2.05) is 4.90 Å². The highest BCUT2D eigenvalue weighted by molar-refractivity contribution is 5.93. The average molecular weight is 439 g/mol. The third kappa shape index (κ3) is 4.41. The summed E-state index contributed by atoms with van der Waals surface area (Å²) in [6, 6.07) is 12.2. The van der Waals surface area contributed by atoms with Crippen molar-refractivity contribution >= 4 is 5.91 Å². The van der Waals surface area contributed by atoms with Crippen LogP contribution < -0.4 is 4.74 Å². The summed E-state index contributed by atoms with van der Waals surface area (Å²) >= 11 is 0. The maximum atomic E-state index is 13.8. The molecule has 2 saturated heterocycles. The van der Waals surface area contributed by atoms with Crippen molar-refractivity contribution in [3.8, 4) is 17.3 Å². The number of carbonyl (C=O) groups is 1. The number of aromatic nitrogens is 1. The predicted octanol–water partition coefficient (Wildman–Crippen LogP) is 4.22. The fourth-order valence-corrected chi connectivity index (χ4v) is 4.59. The lowest BCUT2D eigenvalue weighted by Gasteiger charge is -2.41. The van der Waals surface area contributed by atoms with Gasteiger partial charge in [-0.15, -0.1) is 0 Å². The minimum atomic E-state index is -0.310. The summed E-state index contributed by atoms with van der Waals surface area (Å²) in [5.74, 6) is 0.921. The summed E-state index contributed by atoms with van der Waals surface area (Å²) in [7, 11) is 0. The smallest absolute Gasteiger partial charge is 0.276 e. The van der Waals surface area contributed by atoms with E-state index in [0.717, 1.165) is 38.8 Å². The first-order chi connectivity index (χ1) is 15.7. The van der Waals surface area contributed by atoms with Crippen LogP contribution in [0.25, 0.3) is 11.5 Å². The highest BCUT2D eigenvalue weighted by Gasteiger charge is 2.31. The first-order valence-electron chi connectivity index (χ1n) is 11.1. The molecular formula is C24H26FN3O4. The topological polar surface area (TPSA) is 72.0 Å². The van der Waals surface area contributed by atoms with Gasteiger partial charge in [-0.05, 0) is 49.9 Å². The van der Waals surface area contributed by atoms with E-state index in [1.165, 1.54) is 6.07 Å². The van der Waals surface area contributed by atoms with Crippen LogP contribution in [0.4, 0.5) is 4.39 Å².